The number of anilines is 2. The maximum Gasteiger partial charge on any atom is 0.321 e. The number of nitrogens with one attached hydrogen (secondary N) is 2. The van der Waals surface area contributed by atoms with E-state index in [1.165, 1.54) is 32.1 Å². The molecule has 2 aliphatic rings. The fraction of sp³-hybridized carbons (Fsp3) is 0.562. The second-order valence-electron chi connectivity index (χ2n) is 5.82. The number of benzene rings is 1. The van der Waals surface area contributed by atoms with Crippen LogP contribution in [0, 0.1) is 5.92 Å². The number of urea groups is 1. The van der Waals surface area contributed by atoms with Gasteiger partial charge in [0.1, 0.15) is 0 Å². The molecule has 1 aliphatic carbocycles. The van der Waals surface area contributed by atoms with Crippen LogP contribution in [0.15, 0.2) is 24.3 Å². The Morgan fingerprint density at radius 3 is 2.55 bits per heavy atom. The van der Waals surface area contributed by atoms with E-state index in [-0.39, 0.29) is 6.03 Å². The lowest BCUT2D eigenvalue weighted by Crippen LogP contribution is -2.27. The van der Waals surface area contributed by atoms with Crippen molar-refractivity contribution in [3.8, 4) is 0 Å². The van der Waals surface area contributed by atoms with Crippen LogP contribution in [0.3, 0.4) is 0 Å². The van der Waals surface area contributed by atoms with Crippen LogP contribution in [0.2, 0.25) is 0 Å². The highest BCUT2D eigenvalue weighted by Crippen LogP contribution is 2.25. The maximum atomic E-state index is 11.6. The van der Waals surface area contributed by atoms with Crippen molar-refractivity contribution in [3.05, 3.63) is 24.3 Å². The average molecular weight is 273 g/mol. The predicted molar refractivity (Wildman–Crippen MR) is 82.3 cm³/mol. The van der Waals surface area contributed by atoms with Crippen LogP contribution in [0.25, 0.3) is 0 Å². The lowest BCUT2D eigenvalue weighted by molar-refractivity contribution is 0.252. The number of hydrogen-bond donors (Lipinski definition) is 2. The van der Waals surface area contributed by atoms with E-state index >= 15 is 0 Å². The zero-order chi connectivity index (χ0) is 13.8. The molecule has 1 aliphatic heterocycles. The van der Waals surface area contributed by atoms with Crippen LogP contribution in [-0.4, -0.2) is 25.7 Å². The van der Waals surface area contributed by atoms with Crippen LogP contribution in [0.5, 0.6) is 0 Å². The normalized spacial score (nSPS) is 20.0. The van der Waals surface area contributed by atoms with E-state index in [1.54, 1.807) is 4.90 Å². The molecule has 0 aromatic heterocycles. The SMILES string of the molecule is O=C1NCCN1c1ccc(NCC2CCCCC2)cc1. The fourth-order valence-electron chi connectivity index (χ4n) is 3.13. The summed E-state index contributed by atoms with van der Waals surface area (Å²) in [7, 11) is 0. The zero-order valence-corrected chi connectivity index (χ0v) is 11.9. The standard InChI is InChI=1S/C16H23N3O/c20-16-17-10-11-19(16)15-8-6-14(7-9-15)18-12-13-4-2-1-3-5-13/h6-9,13,18H,1-5,10-12H2,(H,17,20). The van der Waals surface area contributed by atoms with E-state index in [1.807, 2.05) is 12.1 Å². The lowest BCUT2D eigenvalue weighted by atomic mass is 9.89. The molecule has 0 bridgehead atoms. The first-order chi connectivity index (χ1) is 9.83. The van der Waals surface area contributed by atoms with Gasteiger partial charge in [-0.15, -0.1) is 0 Å². The van der Waals surface area contributed by atoms with Crippen molar-refractivity contribution >= 4 is 17.4 Å². The molecule has 3 rings (SSSR count). The van der Waals surface area contributed by atoms with Gasteiger partial charge in [0.05, 0.1) is 0 Å². The molecule has 1 heterocycles. The molecule has 0 unspecified atom stereocenters. The Bertz CT molecular complexity index is 451. The highest BCUT2D eigenvalue weighted by Gasteiger charge is 2.20. The van der Waals surface area contributed by atoms with Crippen LogP contribution in [0.4, 0.5) is 16.2 Å². The fourth-order valence-corrected chi connectivity index (χ4v) is 3.13. The zero-order valence-electron chi connectivity index (χ0n) is 11.9. The summed E-state index contributed by atoms with van der Waals surface area (Å²) in [6.07, 6.45) is 6.89. The van der Waals surface area contributed by atoms with E-state index < -0.39 is 0 Å². The Morgan fingerprint density at radius 2 is 1.90 bits per heavy atom. The first-order valence-electron chi connectivity index (χ1n) is 7.72. The van der Waals surface area contributed by atoms with Gasteiger partial charge in [-0.2, -0.15) is 0 Å². The van der Waals surface area contributed by atoms with Gasteiger partial charge >= 0.3 is 6.03 Å². The van der Waals surface area contributed by atoms with Gasteiger partial charge in [0, 0.05) is 31.0 Å². The van der Waals surface area contributed by atoms with Crippen molar-refractivity contribution in [3.63, 3.8) is 0 Å². The summed E-state index contributed by atoms with van der Waals surface area (Å²) in [6, 6.07) is 8.20. The minimum atomic E-state index is 0.00733. The van der Waals surface area contributed by atoms with Crippen LogP contribution >= 0.6 is 0 Å². The molecule has 1 saturated carbocycles. The third-order valence-corrected chi connectivity index (χ3v) is 4.36. The third kappa shape index (κ3) is 3.06. The van der Waals surface area contributed by atoms with Crippen LogP contribution in [0.1, 0.15) is 32.1 Å². The van der Waals surface area contributed by atoms with Crippen LogP contribution < -0.4 is 15.5 Å². The summed E-state index contributed by atoms with van der Waals surface area (Å²) in [5.74, 6) is 0.827. The molecule has 20 heavy (non-hydrogen) atoms. The Labute approximate surface area is 120 Å². The molecule has 1 saturated heterocycles. The summed E-state index contributed by atoms with van der Waals surface area (Å²) < 4.78 is 0. The molecule has 2 amide bonds. The van der Waals surface area contributed by atoms with Crippen molar-refractivity contribution in [1.29, 1.82) is 0 Å². The molecule has 0 radical (unpaired) electrons. The van der Waals surface area contributed by atoms with E-state index in [4.69, 9.17) is 0 Å². The third-order valence-electron chi connectivity index (χ3n) is 4.36. The summed E-state index contributed by atoms with van der Waals surface area (Å²) in [5.41, 5.74) is 2.13. The molecule has 1 aromatic carbocycles. The summed E-state index contributed by atoms with van der Waals surface area (Å²) in [4.78, 5) is 13.4. The highest BCUT2D eigenvalue weighted by atomic mass is 16.2. The topological polar surface area (TPSA) is 44.4 Å². The first kappa shape index (κ1) is 13.3. The monoisotopic (exact) mass is 273 g/mol. The molecule has 1 aromatic rings. The minimum absolute atomic E-state index is 0.00733. The average Bonchev–Trinajstić information content (AvgIpc) is 2.93. The molecule has 2 fully saturated rings. The quantitative estimate of drug-likeness (QED) is 0.884. The lowest BCUT2D eigenvalue weighted by Gasteiger charge is -2.22. The smallest absolute Gasteiger partial charge is 0.321 e. The number of rotatable bonds is 4. The predicted octanol–water partition coefficient (Wildman–Crippen LogP) is 3.21. The van der Waals surface area contributed by atoms with Crippen molar-refractivity contribution in [2.45, 2.75) is 32.1 Å². The Hall–Kier alpha value is -1.71. The summed E-state index contributed by atoms with van der Waals surface area (Å²) in [6.45, 7) is 2.57. The molecule has 4 nitrogen and oxygen atoms in total. The van der Waals surface area contributed by atoms with Gasteiger partial charge in [0.2, 0.25) is 0 Å². The van der Waals surface area contributed by atoms with Gasteiger partial charge in [-0.3, -0.25) is 4.90 Å². The number of carbonyl (C=O) groups excluding carboxylic acids is 1. The summed E-state index contributed by atoms with van der Waals surface area (Å²) >= 11 is 0. The molecule has 4 heteroatoms. The molecular weight excluding hydrogens is 250 g/mol. The summed E-state index contributed by atoms with van der Waals surface area (Å²) in [5, 5.41) is 6.35. The highest BCUT2D eigenvalue weighted by molar-refractivity contribution is 5.94. The molecule has 0 atom stereocenters. The van der Waals surface area contributed by atoms with E-state index in [9.17, 15) is 4.79 Å². The second-order valence-corrected chi connectivity index (χ2v) is 5.82. The van der Waals surface area contributed by atoms with Crippen LogP contribution in [-0.2, 0) is 0 Å². The van der Waals surface area contributed by atoms with E-state index in [2.05, 4.69) is 22.8 Å². The number of amides is 2. The largest absolute Gasteiger partial charge is 0.385 e. The number of nitrogens with zero attached hydrogens (tertiary/aromatic N) is 1. The van der Waals surface area contributed by atoms with Gasteiger partial charge in [-0.25, -0.2) is 4.79 Å². The van der Waals surface area contributed by atoms with Gasteiger partial charge in [-0.05, 0) is 43.0 Å². The Morgan fingerprint density at radius 1 is 1.15 bits per heavy atom. The van der Waals surface area contributed by atoms with Gasteiger partial charge < -0.3 is 10.6 Å². The van der Waals surface area contributed by atoms with E-state index in [0.717, 1.165) is 36.9 Å². The first-order valence-corrected chi connectivity index (χ1v) is 7.72. The molecule has 0 spiro atoms. The Balaban J connectivity index is 1.54. The van der Waals surface area contributed by atoms with Crippen molar-refractivity contribution < 1.29 is 4.79 Å². The molecule has 108 valence electrons. The van der Waals surface area contributed by atoms with Crippen molar-refractivity contribution in [2.24, 2.45) is 5.92 Å². The molecular formula is C16H23N3O. The van der Waals surface area contributed by atoms with Crippen molar-refractivity contribution in [1.82, 2.24) is 5.32 Å². The van der Waals surface area contributed by atoms with Gasteiger partial charge in [0.25, 0.3) is 0 Å². The molecule has 2 N–H and O–H groups in total. The second kappa shape index (κ2) is 6.16. The minimum Gasteiger partial charge on any atom is -0.385 e. The van der Waals surface area contributed by atoms with Crippen molar-refractivity contribution in [2.75, 3.05) is 29.9 Å². The maximum absolute atomic E-state index is 11.6. The van der Waals surface area contributed by atoms with Gasteiger partial charge in [-0.1, -0.05) is 19.3 Å². The van der Waals surface area contributed by atoms with E-state index in [0.29, 0.717) is 0 Å². The Kier molecular flexibility index (Phi) is 4.09. The number of hydrogen-bond acceptors (Lipinski definition) is 2. The number of carbonyl (C=O) groups is 1. The van der Waals surface area contributed by atoms with Gasteiger partial charge in [0.15, 0.2) is 0 Å².